The molecule has 1 aliphatic heterocycles. The Bertz CT molecular complexity index is 646. The van der Waals surface area contributed by atoms with Crippen LogP contribution in [0.4, 0.5) is 10.6 Å². The molecule has 1 unspecified atom stereocenters. The number of furan rings is 1. The van der Waals surface area contributed by atoms with Gasteiger partial charge in [-0.25, -0.2) is 14.8 Å². The van der Waals surface area contributed by atoms with E-state index in [1.807, 2.05) is 6.07 Å². The maximum atomic E-state index is 11.9. The molecule has 8 nitrogen and oxygen atoms in total. The molecule has 1 saturated heterocycles. The van der Waals surface area contributed by atoms with Crippen LogP contribution in [0.25, 0.3) is 0 Å². The van der Waals surface area contributed by atoms with Gasteiger partial charge in [-0.05, 0) is 18.6 Å². The molecule has 3 heterocycles. The summed E-state index contributed by atoms with van der Waals surface area (Å²) >= 11 is 0. The van der Waals surface area contributed by atoms with E-state index >= 15 is 0 Å². The number of ether oxygens (including phenoxy) is 1. The fraction of sp³-hybridized carbons (Fsp3) is 0.400. The van der Waals surface area contributed by atoms with Crippen molar-refractivity contribution >= 4 is 11.8 Å². The zero-order chi connectivity index (χ0) is 16.1. The molecule has 0 aliphatic carbocycles. The van der Waals surface area contributed by atoms with Crippen molar-refractivity contribution in [3.8, 4) is 5.88 Å². The van der Waals surface area contributed by atoms with Crippen LogP contribution in [-0.4, -0.2) is 42.2 Å². The third kappa shape index (κ3) is 3.71. The molecule has 8 heteroatoms. The van der Waals surface area contributed by atoms with Gasteiger partial charge in [-0.2, -0.15) is 0 Å². The smallest absolute Gasteiger partial charge is 0.315 e. The van der Waals surface area contributed by atoms with Crippen molar-refractivity contribution in [2.45, 2.75) is 19.0 Å². The molecule has 122 valence electrons. The van der Waals surface area contributed by atoms with Gasteiger partial charge in [-0.1, -0.05) is 0 Å². The van der Waals surface area contributed by atoms with Crippen LogP contribution in [0.15, 0.2) is 35.2 Å². The lowest BCUT2D eigenvalue weighted by Gasteiger charge is -2.19. The Balaban J connectivity index is 1.50. The molecule has 1 atom stereocenters. The van der Waals surface area contributed by atoms with Crippen LogP contribution in [-0.2, 0) is 6.54 Å². The second-order valence-corrected chi connectivity index (χ2v) is 5.23. The third-order valence-electron chi connectivity index (χ3n) is 3.67. The zero-order valence-corrected chi connectivity index (χ0v) is 12.9. The number of anilines is 1. The topological polar surface area (TPSA) is 92.5 Å². The van der Waals surface area contributed by atoms with Crippen LogP contribution < -0.4 is 20.3 Å². The summed E-state index contributed by atoms with van der Waals surface area (Å²) < 4.78 is 10.4. The van der Waals surface area contributed by atoms with E-state index in [-0.39, 0.29) is 12.1 Å². The van der Waals surface area contributed by atoms with Gasteiger partial charge in [-0.15, -0.1) is 0 Å². The highest BCUT2D eigenvalue weighted by Gasteiger charge is 2.27. The summed E-state index contributed by atoms with van der Waals surface area (Å²) in [5.41, 5.74) is 0. The van der Waals surface area contributed by atoms with Crippen LogP contribution in [0.2, 0.25) is 0 Å². The Kier molecular flexibility index (Phi) is 4.60. The average molecular weight is 317 g/mol. The van der Waals surface area contributed by atoms with Crippen molar-refractivity contribution in [3.05, 3.63) is 36.5 Å². The number of carbonyl (C=O) groups excluding carboxylic acids is 1. The summed E-state index contributed by atoms with van der Waals surface area (Å²) in [5.74, 6) is 1.92. The first kappa shape index (κ1) is 15.1. The van der Waals surface area contributed by atoms with E-state index in [2.05, 4.69) is 25.5 Å². The first-order valence-electron chi connectivity index (χ1n) is 7.43. The van der Waals surface area contributed by atoms with E-state index in [0.29, 0.717) is 24.8 Å². The van der Waals surface area contributed by atoms with Crippen molar-refractivity contribution < 1.29 is 13.9 Å². The summed E-state index contributed by atoms with van der Waals surface area (Å²) in [7, 11) is 1.57. The van der Waals surface area contributed by atoms with Gasteiger partial charge >= 0.3 is 6.03 Å². The Hall–Kier alpha value is -2.77. The highest BCUT2D eigenvalue weighted by molar-refractivity contribution is 5.74. The highest BCUT2D eigenvalue weighted by atomic mass is 16.5. The molecule has 0 spiro atoms. The largest absolute Gasteiger partial charge is 0.478 e. The molecule has 0 saturated carbocycles. The Morgan fingerprint density at radius 1 is 1.48 bits per heavy atom. The molecule has 3 rings (SSSR count). The number of carbonyl (C=O) groups is 1. The minimum Gasteiger partial charge on any atom is -0.478 e. The van der Waals surface area contributed by atoms with Crippen molar-refractivity contribution in [1.82, 2.24) is 20.6 Å². The molecule has 0 radical (unpaired) electrons. The normalized spacial score (nSPS) is 17.1. The Morgan fingerprint density at radius 2 is 2.35 bits per heavy atom. The van der Waals surface area contributed by atoms with Crippen LogP contribution in [0.5, 0.6) is 5.88 Å². The fourth-order valence-electron chi connectivity index (χ4n) is 2.57. The van der Waals surface area contributed by atoms with E-state index in [4.69, 9.17) is 9.15 Å². The molecule has 2 N–H and O–H groups in total. The number of nitrogens with zero attached hydrogens (tertiary/aromatic N) is 3. The highest BCUT2D eigenvalue weighted by Crippen LogP contribution is 2.25. The maximum Gasteiger partial charge on any atom is 0.315 e. The number of nitrogens with one attached hydrogen (secondary N) is 2. The summed E-state index contributed by atoms with van der Waals surface area (Å²) in [5, 5.41) is 5.73. The van der Waals surface area contributed by atoms with Gasteiger partial charge in [0.15, 0.2) is 5.82 Å². The van der Waals surface area contributed by atoms with Gasteiger partial charge in [-0.3, -0.25) is 0 Å². The number of hydrogen-bond donors (Lipinski definition) is 2. The molecule has 1 fully saturated rings. The zero-order valence-electron chi connectivity index (χ0n) is 12.9. The predicted octanol–water partition coefficient (Wildman–Crippen LogP) is 1.16. The van der Waals surface area contributed by atoms with Gasteiger partial charge in [0.2, 0.25) is 0 Å². The SMILES string of the molecule is COc1nccnc1N1CCC(NC(=O)NCc2ccco2)C1. The molecule has 1 aliphatic rings. The summed E-state index contributed by atoms with van der Waals surface area (Å²) in [6, 6.07) is 3.45. The first-order chi connectivity index (χ1) is 11.3. The lowest BCUT2D eigenvalue weighted by atomic mass is 10.3. The van der Waals surface area contributed by atoms with Crippen LogP contribution in [0.1, 0.15) is 12.2 Å². The number of methoxy groups -OCH3 is 1. The van der Waals surface area contributed by atoms with Crippen molar-refractivity contribution in [2.24, 2.45) is 0 Å². The molecule has 23 heavy (non-hydrogen) atoms. The molecular weight excluding hydrogens is 298 g/mol. The van der Waals surface area contributed by atoms with Crippen LogP contribution in [0.3, 0.4) is 0 Å². The number of hydrogen-bond acceptors (Lipinski definition) is 6. The van der Waals surface area contributed by atoms with E-state index in [9.17, 15) is 4.79 Å². The molecule has 2 aromatic heterocycles. The number of urea groups is 1. The fourth-order valence-corrected chi connectivity index (χ4v) is 2.57. The second-order valence-electron chi connectivity index (χ2n) is 5.23. The van der Waals surface area contributed by atoms with Crippen molar-refractivity contribution in [1.29, 1.82) is 0 Å². The lowest BCUT2D eigenvalue weighted by Crippen LogP contribution is -2.43. The molecule has 0 bridgehead atoms. The lowest BCUT2D eigenvalue weighted by molar-refractivity contribution is 0.236. The minimum atomic E-state index is -0.209. The Morgan fingerprint density at radius 3 is 3.13 bits per heavy atom. The van der Waals surface area contributed by atoms with Gasteiger partial charge in [0.1, 0.15) is 5.76 Å². The average Bonchev–Trinajstić information content (AvgIpc) is 3.24. The van der Waals surface area contributed by atoms with Gasteiger partial charge in [0, 0.05) is 31.5 Å². The van der Waals surface area contributed by atoms with Gasteiger partial charge < -0.3 is 24.7 Å². The van der Waals surface area contributed by atoms with Gasteiger partial charge in [0.25, 0.3) is 5.88 Å². The monoisotopic (exact) mass is 317 g/mol. The molecule has 2 amide bonds. The van der Waals surface area contributed by atoms with E-state index in [1.54, 1.807) is 31.8 Å². The second kappa shape index (κ2) is 6.99. The quantitative estimate of drug-likeness (QED) is 0.859. The van der Waals surface area contributed by atoms with Crippen molar-refractivity contribution in [2.75, 3.05) is 25.1 Å². The number of amides is 2. The molecule has 2 aromatic rings. The van der Waals surface area contributed by atoms with Gasteiger partial charge in [0.05, 0.1) is 19.9 Å². The molecule has 0 aromatic carbocycles. The summed E-state index contributed by atoms with van der Waals surface area (Å²) in [6.45, 7) is 1.83. The minimum absolute atomic E-state index is 0.0540. The predicted molar refractivity (Wildman–Crippen MR) is 83.3 cm³/mol. The third-order valence-corrected chi connectivity index (χ3v) is 3.67. The summed E-state index contributed by atoms with van der Waals surface area (Å²) in [6.07, 6.45) is 5.65. The van der Waals surface area contributed by atoms with Crippen LogP contribution >= 0.6 is 0 Å². The van der Waals surface area contributed by atoms with E-state index < -0.39 is 0 Å². The number of aromatic nitrogens is 2. The first-order valence-corrected chi connectivity index (χ1v) is 7.43. The Labute approximate surface area is 133 Å². The van der Waals surface area contributed by atoms with E-state index in [1.165, 1.54) is 0 Å². The van der Waals surface area contributed by atoms with Crippen molar-refractivity contribution in [3.63, 3.8) is 0 Å². The number of rotatable bonds is 5. The van der Waals surface area contributed by atoms with Crippen LogP contribution in [0, 0.1) is 0 Å². The standard InChI is InChI=1S/C15H19N5O3/c1-22-14-13(16-5-6-17-14)20-7-4-11(10-20)19-15(21)18-9-12-3-2-8-23-12/h2-3,5-6,8,11H,4,7,9-10H2,1H3,(H2,18,19,21). The summed E-state index contributed by atoms with van der Waals surface area (Å²) in [4.78, 5) is 22.4. The maximum absolute atomic E-state index is 11.9. The molecular formula is C15H19N5O3. The van der Waals surface area contributed by atoms with E-state index in [0.717, 1.165) is 18.7 Å².